The smallest absolute Gasteiger partial charge is 0.121 e. The molecule has 0 aromatic heterocycles. The second-order valence-corrected chi connectivity index (χ2v) is 10.6. The van der Waals surface area contributed by atoms with Crippen LogP contribution in [0.3, 0.4) is 0 Å². The maximum atomic E-state index is 11.3. The van der Waals surface area contributed by atoms with Gasteiger partial charge in [0.1, 0.15) is 23.9 Å². The number of hydrogen-bond donors (Lipinski definition) is 5. The molecule has 0 saturated heterocycles. The average Bonchev–Trinajstić information content (AvgIpc) is 2.93. The lowest BCUT2D eigenvalue weighted by Gasteiger charge is -2.41. The van der Waals surface area contributed by atoms with Crippen LogP contribution in [-0.2, 0) is 4.74 Å². The summed E-state index contributed by atoms with van der Waals surface area (Å²) in [5, 5.41) is 51.4. The zero-order valence-corrected chi connectivity index (χ0v) is 23.3. The molecule has 36 heavy (non-hydrogen) atoms. The molecule has 0 bridgehead atoms. The first kappa shape index (κ1) is 32.0. The Morgan fingerprint density at radius 3 is 1.44 bits per heavy atom. The average molecular weight is 521 g/mol. The standard InChI is InChI=1S/C30H62O6/c1-3-5-7-9-11-13-15-17-19-21-23-30(35,28(34)26-32)29(27(33)25-31)36-24-22-20-18-16-14-12-10-8-6-4-2/h27-29,31-35H,3-26H2,1-2H3/t27-,28-,29-,30-/m1/s1/i1D,2D. The second kappa shape index (κ2) is 25.1. The Morgan fingerprint density at radius 1 is 0.611 bits per heavy atom. The lowest BCUT2D eigenvalue weighted by molar-refractivity contribution is -0.211. The summed E-state index contributed by atoms with van der Waals surface area (Å²) in [5.74, 6) is 0. The van der Waals surface area contributed by atoms with Crippen LogP contribution in [-0.4, -0.2) is 69.3 Å². The number of hydrogen-bond acceptors (Lipinski definition) is 6. The van der Waals surface area contributed by atoms with Crippen LogP contribution in [0.15, 0.2) is 0 Å². The third-order valence-electron chi connectivity index (χ3n) is 7.30. The molecule has 0 spiro atoms. The highest BCUT2D eigenvalue weighted by atomic mass is 16.5. The van der Waals surface area contributed by atoms with E-state index in [2.05, 4.69) is 0 Å². The topological polar surface area (TPSA) is 110 Å². The molecule has 5 N–H and O–H groups in total. The number of aliphatic hydroxyl groups is 5. The molecular weight excluding hydrogens is 456 g/mol. The van der Waals surface area contributed by atoms with Crippen molar-refractivity contribution in [2.24, 2.45) is 0 Å². The molecule has 0 unspecified atom stereocenters. The summed E-state index contributed by atoms with van der Waals surface area (Å²) < 4.78 is 20.2. The van der Waals surface area contributed by atoms with E-state index in [4.69, 9.17) is 7.48 Å². The lowest BCUT2D eigenvalue weighted by atomic mass is 9.82. The van der Waals surface area contributed by atoms with Crippen molar-refractivity contribution in [1.29, 1.82) is 0 Å². The van der Waals surface area contributed by atoms with E-state index in [1.54, 1.807) is 0 Å². The molecule has 0 amide bonds. The van der Waals surface area contributed by atoms with E-state index in [9.17, 15) is 25.5 Å². The molecule has 6 heteroatoms. The zero-order chi connectivity index (χ0) is 28.3. The molecule has 0 aliphatic rings. The van der Waals surface area contributed by atoms with Gasteiger partial charge in [-0.1, -0.05) is 136 Å². The molecule has 0 rings (SSSR count). The Kier molecular flexibility index (Phi) is 22.3. The second-order valence-electron chi connectivity index (χ2n) is 10.6. The van der Waals surface area contributed by atoms with Gasteiger partial charge in [-0.3, -0.25) is 0 Å². The minimum atomic E-state index is -1.82. The van der Waals surface area contributed by atoms with E-state index in [0.29, 0.717) is 26.8 Å². The monoisotopic (exact) mass is 520 g/mol. The van der Waals surface area contributed by atoms with Crippen molar-refractivity contribution in [3.05, 3.63) is 0 Å². The van der Waals surface area contributed by atoms with E-state index in [0.717, 1.165) is 64.2 Å². The number of aliphatic hydroxyl groups excluding tert-OH is 4. The summed E-state index contributed by atoms with van der Waals surface area (Å²) in [5.41, 5.74) is -1.82. The molecule has 4 atom stereocenters. The van der Waals surface area contributed by atoms with Crippen molar-refractivity contribution < 1.29 is 33.0 Å². The maximum Gasteiger partial charge on any atom is 0.121 e. The first-order valence-electron chi connectivity index (χ1n) is 16.4. The van der Waals surface area contributed by atoms with Crippen LogP contribution in [0.4, 0.5) is 0 Å². The Hall–Kier alpha value is -0.240. The van der Waals surface area contributed by atoms with Crippen LogP contribution in [0.25, 0.3) is 0 Å². The summed E-state index contributed by atoms with van der Waals surface area (Å²) in [6.07, 6.45) is 17.9. The van der Waals surface area contributed by atoms with Gasteiger partial charge < -0.3 is 30.3 Å². The van der Waals surface area contributed by atoms with Crippen LogP contribution >= 0.6 is 0 Å². The normalized spacial score (nSPS) is 16.8. The predicted octanol–water partition coefficient (Wildman–Crippen LogP) is 6.04. The van der Waals surface area contributed by atoms with Crippen molar-refractivity contribution in [2.45, 2.75) is 173 Å². The molecule has 6 nitrogen and oxygen atoms in total. The van der Waals surface area contributed by atoms with Gasteiger partial charge in [0, 0.05) is 9.35 Å². The molecule has 218 valence electrons. The molecule has 0 aromatic carbocycles. The Bertz CT molecular complexity index is 488. The van der Waals surface area contributed by atoms with E-state index in [1.165, 1.54) is 57.8 Å². The zero-order valence-electron chi connectivity index (χ0n) is 25.3. The summed E-state index contributed by atoms with van der Waals surface area (Å²) in [6, 6.07) is 0. The van der Waals surface area contributed by atoms with Gasteiger partial charge in [0.15, 0.2) is 0 Å². The van der Waals surface area contributed by atoms with Gasteiger partial charge in [-0.25, -0.2) is 0 Å². The van der Waals surface area contributed by atoms with Crippen LogP contribution in [0.5, 0.6) is 0 Å². The number of ether oxygens (including phenoxy) is 1. The van der Waals surface area contributed by atoms with E-state index in [-0.39, 0.29) is 6.42 Å². The number of unbranched alkanes of at least 4 members (excludes halogenated alkanes) is 18. The fraction of sp³-hybridized carbons (Fsp3) is 1.00. The quantitative estimate of drug-likeness (QED) is 0.0804. The van der Waals surface area contributed by atoms with E-state index in [1.807, 2.05) is 0 Å². The van der Waals surface area contributed by atoms with Gasteiger partial charge >= 0.3 is 0 Å². The highest BCUT2D eigenvalue weighted by Gasteiger charge is 2.46. The first-order valence-corrected chi connectivity index (χ1v) is 15.0. The molecule has 0 aliphatic heterocycles. The largest absolute Gasteiger partial charge is 0.394 e. The summed E-state index contributed by atoms with van der Waals surface area (Å²) in [7, 11) is 0. The van der Waals surface area contributed by atoms with Gasteiger partial charge in [-0.05, 0) is 12.8 Å². The fourth-order valence-corrected chi connectivity index (χ4v) is 4.89. The Labute approximate surface area is 225 Å². The molecule has 0 heterocycles. The Balaban J connectivity index is 4.33. The Morgan fingerprint density at radius 2 is 1.03 bits per heavy atom. The molecule has 0 radical (unpaired) electrons. The van der Waals surface area contributed by atoms with Crippen LogP contribution in [0.1, 0.15) is 151 Å². The van der Waals surface area contributed by atoms with Gasteiger partial charge in [0.2, 0.25) is 0 Å². The molecule has 0 aliphatic carbocycles. The van der Waals surface area contributed by atoms with Crippen molar-refractivity contribution in [1.82, 2.24) is 0 Å². The third kappa shape index (κ3) is 17.3. The summed E-state index contributed by atoms with van der Waals surface area (Å²) in [6.45, 7) is 0.141. The van der Waals surface area contributed by atoms with Gasteiger partial charge in [0.05, 0.1) is 13.2 Å². The molecular formula is C30H62O6. The predicted molar refractivity (Wildman–Crippen MR) is 149 cm³/mol. The van der Waals surface area contributed by atoms with Crippen LogP contribution in [0, 0.1) is 0 Å². The van der Waals surface area contributed by atoms with Crippen molar-refractivity contribution in [3.8, 4) is 0 Å². The minimum Gasteiger partial charge on any atom is -0.394 e. The third-order valence-corrected chi connectivity index (χ3v) is 7.30. The maximum absolute atomic E-state index is 11.3. The van der Waals surface area contributed by atoms with Crippen LogP contribution < -0.4 is 0 Å². The highest BCUT2D eigenvalue weighted by molar-refractivity contribution is 4.97. The molecule has 0 aromatic rings. The van der Waals surface area contributed by atoms with Gasteiger partial charge in [-0.15, -0.1) is 0 Å². The SMILES string of the molecule is [2H]CCCCCCCCCCCCO[C@H]([C@H](O)CO)[C@@](O)(CCCCCCCCCCCC[2H])[C@H](O)CO. The first-order chi connectivity index (χ1) is 18.5. The molecule has 0 fully saturated rings. The summed E-state index contributed by atoms with van der Waals surface area (Å²) >= 11 is 0. The van der Waals surface area contributed by atoms with Crippen LogP contribution in [0.2, 0.25) is 0 Å². The number of rotatable bonds is 28. The van der Waals surface area contributed by atoms with Crippen molar-refractivity contribution >= 4 is 0 Å². The lowest BCUT2D eigenvalue weighted by Crippen LogP contribution is -2.59. The fourth-order valence-electron chi connectivity index (χ4n) is 4.89. The van der Waals surface area contributed by atoms with E-state index >= 15 is 0 Å². The van der Waals surface area contributed by atoms with Crippen molar-refractivity contribution in [2.75, 3.05) is 19.8 Å². The van der Waals surface area contributed by atoms with E-state index < -0.39 is 37.1 Å². The summed E-state index contributed by atoms with van der Waals surface area (Å²) in [4.78, 5) is 0. The minimum absolute atomic E-state index is 0.186. The van der Waals surface area contributed by atoms with Crippen molar-refractivity contribution in [3.63, 3.8) is 0 Å². The van der Waals surface area contributed by atoms with Gasteiger partial charge in [0.25, 0.3) is 0 Å². The van der Waals surface area contributed by atoms with Gasteiger partial charge in [-0.2, -0.15) is 0 Å². The highest BCUT2D eigenvalue weighted by Crippen LogP contribution is 2.29. The molecule has 0 saturated carbocycles.